The van der Waals surface area contributed by atoms with Crippen LogP contribution in [0.4, 0.5) is 24.9 Å². The summed E-state index contributed by atoms with van der Waals surface area (Å²) in [5, 5.41) is 0. The Balaban J connectivity index is 2.74. The van der Waals surface area contributed by atoms with Gasteiger partial charge in [-0.25, -0.2) is 4.98 Å². The monoisotopic (exact) mass is 255 g/mol. The molecule has 0 bridgehead atoms. The average Bonchev–Trinajstić information content (AvgIpc) is 2.27. The Hall–Kier alpha value is -2.38. The van der Waals surface area contributed by atoms with Crippen LogP contribution in [0.2, 0.25) is 0 Å². The van der Waals surface area contributed by atoms with Crippen molar-refractivity contribution in [3.8, 4) is 11.4 Å². The predicted molar refractivity (Wildman–Crippen MR) is 59.1 cm³/mol. The van der Waals surface area contributed by atoms with Gasteiger partial charge in [-0.15, -0.1) is 0 Å². The Kier molecular flexibility index (Phi) is 2.77. The summed E-state index contributed by atoms with van der Waals surface area (Å²) < 4.78 is 38.7. The number of nitrogens with two attached hydrogens (primary N) is 2. The summed E-state index contributed by atoms with van der Waals surface area (Å²) in [6.45, 7) is 0. The SMILES string of the molecule is Nc1nc(N)c(C(F)(F)F)c(-c2ccccn2)n1. The molecular formula is C10H8F3N5. The fraction of sp³-hybridized carbons (Fsp3) is 0.100. The summed E-state index contributed by atoms with van der Waals surface area (Å²) in [6, 6.07) is 4.50. The zero-order chi connectivity index (χ0) is 13.3. The van der Waals surface area contributed by atoms with Crippen molar-refractivity contribution in [2.24, 2.45) is 0 Å². The lowest BCUT2D eigenvalue weighted by atomic mass is 10.1. The zero-order valence-electron chi connectivity index (χ0n) is 8.94. The van der Waals surface area contributed by atoms with E-state index < -0.39 is 23.3 Å². The van der Waals surface area contributed by atoms with Crippen molar-refractivity contribution in [1.82, 2.24) is 15.0 Å². The van der Waals surface area contributed by atoms with Crippen LogP contribution in [0, 0.1) is 0 Å². The molecule has 0 amide bonds. The van der Waals surface area contributed by atoms with E-state index in [1.165, 1.54) is 18.3 Å². The van der Waals surface area contributed by atoms with E-state index in [0.29, 0.717) is 0 Å². The molecule has 2 aromatic rings. The topological polar surface area (TPSA) is 90.7 Å². The first-order chi connectivity index (χ1) is 8.39. The van der Waals surface area contributed by atoms with Gasteiger partial charge in [0.15, 0.2) is 0 Å². The van der Waals surface area contributed by atoms with E-state index in [9.17, 15) is 13.2 Å². The van der Waals surface area contributed by atoms with Gasteiger partial charge in [0.05, 0.1) is 5.69 Å². The molecule has 0 saturated heterocycles. The molecule has 0 unspecified atom stereocenters. The summed E-state index contributed by atoms with van der Waals surface area (Å²) >= 11 is 0. The van der Waals surface area contributed by atoms with Crippen molar-refractivity contribution < 1.29 is 13.2 Å². The molecule has 0 aromatic carbocycles. The molecule has 0 fully saturated rings. The Labute approximate surface area is 99.7 Å². The summed E-state index contributed by atoms with van der Waals surface area (Å²) in [5.41, 5.74) is 9.06. The van der Waals surface area contributed by atoms with Crippen molar-refractivity contribution in [1.29, 1.82) is 0 Å². The fourth-order valence-corrected chi connectivity index (χ4v) is 1.46. The largest absolute Gasteiger partial charge is 0.422 e. The van der Waals surface area contributed by atoms with E-state index in [0.717, 1.165) is 0 Å². The lowest BCUT2D eigenvalue weighted by Crippen LogP contribution is -2.15. The van der Waals surface area contributed by atoms with E-state index >= 15 is 0 Å². The molecule has 0 aliphatic heterocycles. The lowest BCUT2D eigenvalue weighted by Gasteiger charge is -2.13. The molecule has 0 radical (unpaired) electrons. The molecule has 0 saturated carbocycles. The number of pyridine rings is 1. The molecule has 2 heterocycles. The van der Waals surface area contributed by atoms with Gasteiger partial charge in [-0.05, 0) is 12.1 Å². The van der Waals surface area contributed by atoms with Gasteiger partial charge in [-0.3, -0.25) is 4.98 Å². The van der Waals surface area contributed by atoms with Gasteiger partial charge in [0.1, 0.15) is 17.1 Å². The third kappa shape index (κ3) is 2.17. The van der Waals surface area contributed by atoms with Crippen LogP contribution in [0.25, 0.3) is 11.4 Å². The second-order valence-electron chi connectivity index (χ2n) is 3.40. The number of halogens is 3. The highest BCUT2D eigenvalue weighted by Crippen LogP contribution is 2.38. The van der Waals surface area contributed by atoms with Crippen molar-refractivity contribution >= 4 is 11.8 Å². The van der Waals surface area contributed by atoms with Gasteiger partial charge >= 0.3 is 6.18 Å². The normalized spacial score (nSPS) is 11.5. The minimum absolute atomic E-state index is 0.0330. The van der Waals surface area contributed by atoms with E-state index in [1.54, 1.807) is 6.07 Å². The van der Waals surface area contributed by atoms with Crippen LogP contribution in [0.1, 0.15) is 5.56 Å². The first-order valence-corrected chi connectivity index (χ1v) is 4.81. The van der Waals surface area contributed by atoms with Gasteiger partial charge in [-0.2, -0.15) is 18.2 Å². The molecule has 0 atom stereocenters. The second-order valence-corrected chi connectivity index (χ2v) is 3.40. The fourth-order valence-electron chi connectivity index (χ4n) is 1.46. The van der Waals surface area contributed by atoms with Crippen LogP contribution in [-0.2, 0) is 6.18 Å². The Bertz CT molecular complexity index is 568. The summed E-state index contributed by atoms with van der Waals surface area (Å²) in [4.78, 5) is 10.7. The number of nitrogen functional groups attached to an aromatic ring is 2. The number of hydrogen-bond acceptors (Lipinski definition) is 5. The van der Waals surface area contributed by atoms with Gasteiger partial charge < -0.3 is 11.5 Å². The molecule has 0 spiro atoms. The average molecular weight is 255 g/mol. The third-order valence-electron chi connectivity index (χ3n) is 2.15. The van der Waals surface area contributed by atoms with E-state index in [4.69, 9.17) is 11.5 Å². The maximum Gasteiger partial charge on any atom is 0.422 e. The smallest absolute Gasteiger partial charge is 0.383 e. The highest BCUT2D eigenvalue weighted by molar-refractivity contribution is 5.67. The first-order valence-electron chi connectivity index (χ1n) is 4.81. The van der Waals surface area contributed by atoms with Crippen molar-refractivity contribution in [2.45, 2.75) is 6.18 Å². The molecule has 5 nitrogen and oxygen atoms in total. The summed E-state index contributed by atoms with van der Waals surface area (Å²) in [5.74, 6) is -1.04. The molecule has 18 heavy (non-hydrogen) atoms. The Morgan fingerprint density at radius 2 is 1.78 bits per heavy atom. The van der Waals surface area contributed by atoms with Crippen molar-refractivity contribution in [2.75, 3.05) is 11.5 Å². The maximum absolute atomic E-state index is 12.9. The first kappa shape index (κ1) is 12.1. The van der Waals surface area contributed by atoms with Crippen molar-refractivity contribution in [3.05, 3.63) is 30.0 Å². The molecule has 2 rings (SSSR count). The molecule has 8 heteroatoms. The van der Waals surface area contributed by atoms with Gasteiger partial charge in [0.25, 0.3) is 0 Å². The molecule has 0 aliphatic carbocycles. The minimum Gasteiger partial charge on any atom is -0.383 e. The van der Waals surface area contributed by atoms with Gasteiger partial charge in [-0.1, -0.05) is 6.07 Å². The van der Waals surface area contributed by atoms with Crippen LogP contribution >= 0.6 is 0 Å². The molecule has 94 valence electrons. The van der Waals surface area contributed by atoms with E-state index in [-0.39, 0.29) is 11.6 Å². The standard InChI is InChI=1S/C10H8F3N5/c11-10(12,13)6-7(5-3-1-2-4-16-5)17-9(15)18-8(6)14/h1-4H,(H4,14,15,17,18). The summed E-state index contributed by atoms with van der Waals surface area (Å²) in [7, 11) is 0. The highest BCUT2D eigenvalue weighted by Gasteiger charge is 2.38. The van der Waals surface area contributed by atoms with E-state index in [2.05, 4.69) is 15.0 Å². The number of rotatable bonds is 1. The van der Waals surface area contributed by atoms with E-state index in [1.807, 2.05) is 0 Å². The number of aromatic nitrogens is 3. The van der Waals surface area contributed by atoms with Crippen LogP contribution in [0.15, 0.2) is 24.4 Å². The van der Waals surface area contributed by atoms with Crippen LogP contribution in [-0.4, -0.2) is 15.0 Å². The van der Waals surface area contributed by atoms with Crippen molar-refractivity contribution in [3.63, 3.8) is 0 Å². The predicted octanol–water partition coefficient (Wildman–Crippen LogP) is 1.72. The van der Waals surface area contributed by atoms with Gasteiger partial charge in [0, 0.05) is 6.20 Å². The quantitative estimate of drug-likeness (QED) is 0.809. The Morgan fingerprint density at radius 3 is 2.33 bits per heavy atom. The molecule has 2 aromatic heterocycles. The lowest BCUT2D eigenvalue weighted by molar-refractivity contribution is -0.136. The number of nitrogens with zero attached hydrogens (tertiary/aromatic N) is 3. The Morgan fingerprint density at radius 1 is 1.06 bits per heavy atom. The highest BCUT2D eigenvalue weighted by atomic mass is 19.4. The third-order valence-corrected chi connectivity index (χ3v) is 2.15. The van der Waals surface area contributed by atoms with Crippen LogP contribution in [0.5, 0.6) is 0 Å². The molecule has 0 aliphatic rings. The van der Waals surface area contributed by atoms with Crippen LogP contribution < -0.4 is 11.5 Å². The molecule has 4 N–H and O–H groups in total. The number of hydrogen-bond donors (Lipinski definition) is 2. The van der Waals surface area contributed by atoms with Crippen LogP contribution in [0.3, 0.4) is 0 Å². The summed E-state index contributed by atoms with van der Waals surface area (Å²) in [6.07, 6.45) is -3.32. The zero-order valence-corrected chi connectivity index (χ0v) is 8.94. The minimum atomic E-state index is -4.68. The maximum atomic E-state index is 12.9. The number of alkyl halides is 3. The molecular weight excluding hydrogens is 247 g/mol. The van der Waals surface area contributed by atoms with Gasteiger partial charge in [0.2, 0.25) is 5.95 Å². The number of anilines is 2. The second kappa shape index (κ2) is 4.13.